The molecule has 1 N–H and O–H groups in total. The average molecular weight is 420 g/mol. The fraction of sp³-hybridized carbons (Fsp3) is 0. The molecule has 0 fully saturated rings. The largest absolute Gasteiger partial charge is 0.298 e. The van der Waals surface area contributed by atoms with Crippen LogP contribution in [0.2, 0.25) is 0 Å². The van der Waals surface area contributed by atoms with Crippen LogP contribution in [-0.2, 0) is 0 Å². The Kier molecular flexibility index (Phi) is 4.42. The molecule has 0 bridgehead atoms. The van der Waals surface area contributed by atoms with E-state index in [0.717, 1.165) is 10.6 Å². The summed E-state index contributed by atoms with van der Waals surface area (Å²) in [6, 6.07) is 17.8. The van der Waals surface area contributed by atoms with Crippen LogP contribution < -0.4 is 5.32 Å². The number of fused-ring (bicyclic) bond motifs is 1. The van der Waals surface area contributed by atoms with Crippen molar-refractivity contribution in [1.29, 1.82) is 0 Å². The molecule has 0 saturated heterocycles. The quantitative estimate of drug-likeness (QED) is 0.412. The second-order valence-electron chi connectivity index (χ2n) is 6.23. The molecule has 0 spiro atoms. The van der Waals surface area contributed by atoms with Crippen LogP contribution in [-0.4, -0.2) is 20.7 Å². The molecule has 5 aromatic rings. The van der Waals surface area contributed by atoms with Gasteiger partial charge in [-0.3, -0.25) is 10.1 Å². The van der Waals surface area contributed by atoms with Crippen molar-refractivity contribution < 1.29 is 9.18 Å². The van der Waals surface area contributed by atoms with Gasteiger partial charge in [0.05, 0.1) is 26.3 Å². The second-order valence-corrected chi connectivity index (χ2v) is 8.21. The first-order valence-electron chi connectivity index (χ1n) is 8.74. The number of carbonyl (C=O) groups excluding carboxylic acids is 1. The summed E-state index contributed by atoms with van der Waals surface area (Å²) in [5.41, 5.74) is 2.56. The summed E-state index contributed by atoms with van der Waals surface area (Å²) >= 11 is 2.75. The summed E-state index contributed by atoms with van der Waals surface area (Å²) in [6.45, 7) is 0. The molecular weight excluding hydrogens is 407 g/mol. The van der Waals surface area contributed by atoms with Gasteiger partial charge in [-0.2, -0.15) is 5.10 Å². The number of carbonyl (C=O) groups is 1. The van der Waals surface area contributed by atoms with Gasteiger partial charge in [0.25, 0.3) is 5.91 Å². The number of hydrogen-bond donors (Lipinski definition) is 1. The maximum Gasteiger partial charge on any atom is 0.261 e. The molecule has 5 rings (SSSR count). The van der Waals surface area contributed by atoms with E-state index < -0.39 is 0 Å². The van der Waals surface area contributed by atoms with E-state index in [1.165, 1.54) is 34.8 Å². The standard InChI is InChI=1S/C21H13FN4OS2/c22-13-8-9-16-18(11-13)29-21(23-16)24-20(27)15-12-26(14-5-2-1-3-6-14)25-19(15)17-7-4-10-28-17/h1-12H,(H,23,24,27). The first-order valence-corrected chi connectivity index (χ1v) is 10.4. The molecule has 29 heavy (non-hydrogen) atoms. The molecule has 0 aliphatic rings. The minimum atomic E-state index is -0.330. The molecule has 0 unspecified atom stereocenters. The molecule has 5 nitrogen and oxygen atoms in total. The van der Waals surface area contributed by atoms with E-state index in [1.807, 2.05) is 47.8 Å². The Balaban J connectivity index is 1.53. The molecule has 8 heteroatoms. The third-order valence-corrected chi connectivity index (χ3v) is 6.12. The number of anilines is 1. The van der Waals surface area contributed by atoms with Crippen molar-refractivity contribution in [2.75, 3.05) is 5.32 Å². The highest BCUT2D eigenvalue weighted by molar-refractivity contribution is 7.22. The fourth-order valence-electron chi connectivity index (χ4n) is 2.96. The number of hydrogen-bond acceptors (Lipinski definition) is 5. The Bertz CT molecular complexity index is 1310. The van der Waals surface area contributed by atoms with Gasteiger partial charge >= 0.3 is 0 Å². The molecule has 3 aromatic heterocycles. The maximum atomic E-state index is 13.4. The molecule has 3 heterocycles. The number of nitrogens with zero attached hydrogens (tertiary/aromatic N) is 3. The molecule has 0 aliphatic carbocycles. The van der Waals surface area contributed by atoms with Crippen LogP contribution >= 0.6 is 22.7 Å². The normalized spacial score (nSPS) is 11.1. The van der Waals surface area contributed by atoms with Crippen molar-refractivity contribution in [3.63, 3.8) is 0 Å². The molecule has 142 valence electrons. The zero-order valence-corrected chi connectivity index (χ0v) is 16.5. The van der Waals surface area contributed by atoms with Crippen LogP contribution in [0.5, 0.6) is 0 Å². The lowest BCUT2D eigenvalue weighted by molar-refractivity contribution is 0.102. The summed E-state index contributed by atoms with van der Waals surface area (Å²) in [5, 5.41) is 9.83. The van der Waals surface area contributed by atoms with Gasteiger partial charge in [-0.15, -0.1) is 11.3 Å². The highest BCUT2D eigenvalue weighted by Crippen LogP contribution is 2.30. The lowest BCUT2D eigenvalue weighted by Gasteiger charge is -2.00. The van der Waals surface area contributed by atoms with Crippen molar-refractivity contribution >= 4 is 43.9 Å². The Morgan fingerprint density at radius 3 is 2.72 bits per heavy atom. The molecule has 0 atom stereocenters. The van der Waals surface area contributed by atoms with Crippen LogP contribution in [0.4, 0.5) is 9.52 Å². The number of halogens is 1. The molecule has 0 aliphatic heterocycles. The zero-order chi connectivity index (χ0) is 19.8. The number of nitrogens with one attached hydrogen (secondary N) is 1. The predicted molar refractivity (Wildman–Crippen MR) is 114 cm³/mol. The molecular formula is C21H13FN4OS2. The number of aromatic nitrogens is 3. The van der Waals surface area contributed by atoms with Crippen LogP contribution in [0.1, 0.15) is 10.4 Å². The lowest BCUT2D eigenvalue weighted by atomic mass is 10.2. The van der Waals surface area contributed by atoms with Crippen LogP contribution in [0.3, 0.4) is 0 Å². The van der Waals surface area contributed by atoms with E-state index in [4.69, 9.17) is 0 Å². The SMILES string of the molecule is O=C(Nc1nc2ccc(F)cc2s1)c1cn(-c2ccccc2)nc1-c1cccs1. The van der Waals surface area contributed by atoms with E-state index in [1.54, 1.807) is 16.9 Å². The highest BCUT2D eigenvalue weighted by Gasteiger charge is 2.20. The highest BCUT2D eigenvalue weighted by atomic mass is 32.1. The zero-order valence-electron chi connectivity index (χ0n) is 14.9. The summed E-state index contributed by atoms with van der Waals surface area (Å²) in [6.07, 6.45) is 1.71. The minimum absolute atomic E-state index is 0.310. The monoisotopic (exact) mass is 420 g/mol. The summed E-state index contributed by atoms with van der Waals surface area (Å²) in [4.78, 5) is 18.3. The van der Waals surface area contributed by atoms with Crippen molar-refractivity contribution in [3.8, 4) is 16.3 Å². The van der Waals surface area contributed by atoms with Gasteiger partial charge in [0.1, 0.15) is 11.5 Å². The van der Waals surface area contributed by atoms with E-state index >= 15 is 0 Å². The lowest BCUT2D eigenvalue weighted by Crippen LogP contribution is -2.11. The van der Waals surface area contributed by atoms with Gasteiger partial charge < -0.3 is 0 Å². The van der Waals surface area contributed by atoms with Crippen molar-refractivity contribution in [1.82, 2.24) is 14.8 Å². The van der Waals surface area contributed by atoms with Gasteiger partial charge in [-0.1, -0.05) is 35.6 Å². The summed E-state index contributed by atoms with van der Waals surface area (Å²) in [7, 11) is 0. The molecule has 2 aromatic carbocycles. The number of thiophene rings is 1. The van der Waals surface area contributed by atoms with Gasteiger partial charge in [0.15, 0.2) is 5.13 Å². The van der Waals surface area contributed by atoms with E-state index in [9.17, 15) is 9.18 Å². The molecule has 0 radical (unpaired) electrons. The van der Waals surface area contributed by atoms with Crippen molar-refractivity contribution in [2.24, 2.45) is 0 Å². The van der Waals surface area contributed by atoms with E-state index in [-0.39, 0.29) is 11.7 Å². The third-order valence-electron chi connectivity index (χ3n) is 4.31. The Morgan fingerprint density at radius 1 is 1.07 bits per heavy atom. The first kappa shape index (κ1) is 17.7. The maximum absolute atomic E-state index is 13.4. The molecule has 1 amide bonds. The average Bonchev–Trinajstić information content (AvgIpc) is 3.47. The van der Waals surface area contributed by atoms with Gasteiger partial charge in [0.2, 0.25) is 0 Å². The van der Waals surface area contributed by atoms with Crippen LogP contribution in [0.25, 0.3) is 26.5 Å². The van der Waals surface area contributed by atoms with Crippen molar-refractivity contribution in [3.05, 3.63) is 83.6 Å². The topological polar surface area (TPSA) is 59.8 Å². The number of amides is 1. The van der Waals surface area contributed by atoms with Gasteiger partial charge in [0, 0.05) is 6.20 Å². The number of thiazole rings is 1. The third kappa shape index (κ3) is 3.43. The van der Waals surface area contributed by atoms with E-state index in [0.29, 0.717) is 26.6 Å². The minimum Gasteiger partial charge on any atom is -0.298 e. The van der Waals surface area contributed by atoms with Gasteiger partial charge in [-0.25, -0.2) is 14.1 Å². The van der Waals surface area contributed by atoms with E-state index in [2.05, 4.69) is 15.4 Å². The summed E-state index contributed by atoms with van der Waals surface area (Å²) in [5.74, 6) is -0.641. The summed E-state index contributed by atoms with van der Waals surface area (Å²) < 4.78 is 15.8. The van der Waals surface area contributed by atoms with Crippen molar-refractivity contribution in [2.45, 2.75) is 0 Å². The smallest absolute Gasteiger partial charge is 0.261 e. The second kappa shape index (κ2) is 7.23. The van der Waals surface area contributed by atoms with Crippen LogP contribution in [0.15, 0.2) is 72.2 Å². The Morgan fingerprint density at radius 2 is 1.93 bits per heavy atom. The molecule has 0 saturated carbocycles. The Hall–Kier alpha value is -3.36. The van der Waals surface area contributed by atoms with Gasteiger partial charge in [-0.05, 0) is 41.8 Å². The Labute approximate surface area is 173 Å². The number of para-hydroxylation sites is 1. The first-order chi connectivity index (χ1) is 14.2. The fourth-order valence-corrected chi connectivity index (χ4v) is 4.57. The number of benzene rings is 2. The van der Waals surface area contributed by atoms with Crippen LogP contribution in [0, 0.1) is 5.82 Å². The number of rotatable bonds is 4. The predicted octanol–water partition coefficient (Wildman–Crippen LogP) is 5.60.